The van der Waals surface area contributed by atoms with Gasteiger partial charge in [0.1, 0.15) is 0 Å². The van der Waals surface area contributed by atoms with Gasteiger partial charge in [0.25, 0.3) is 0 Å². The molecule has 3 nitrogen and oxygen atoms in total. The van der Waals surface area contributed by atoms with Gasteiger partial charge < -0.3 is 0 Å². The van der Waals surface area contributed by atoms with Crippen LogP contribution in [-0.2, 0) is 16.2 Å². The molecule has 0 bridgehead atoms. The van der Waals surface area contributed by atoms with Crippen LogP contribution in [0.3, 0.4) is 0 Å². The highest BCUT2D eigenvalue weighted by atomic mass is 15.0. The Labute approximate surface area is 343 Å². The third-order valence-electron chi connectivity index (χ3n) is 11.8. The molecule has 1 heterocycles. The van der Waals surface area contributed by atoms with Crippen molar-refractivity contribution in [3.8, 4) is 56.4 Å². The molecule has 1 aliphatic rings. The molecule has 1 aromatic heterocycles. The van der Waals surface area contributed by atoms with Gasteiger partial charge in [0.2, 0.25) is 0 Å². The van der Waals surface area contributed by atoms with E-state index in [-0.39, 0.29) is 10.8 Å². The van der Waals surface area contributed by atoms with Gasteiger partial charge >= 0.3 is 0 Å². The molecule has 284 valence electrons. The molecule has 1 aliphatic carbocycles. The van der Waals surface area contributed by atoms with Crippen molar-refractivity contribution in [1.29, 1.82) is 0 Å². The number of hydrogen-bond donors (Lipinski definition) is 0. The lowest BCUT2D eigenvalue weighted by Crippen LogP contribution is -2.28. The fraction of sp³-hybridized carbons (Fsp3) is 0.182. The first-order valence-electron chi connectivity index (χ1n) is 20.4. The lowest BCUT2D eigenvalue weighted by molar-refractivity contribution is 0.590. The Bertz CT molecular complexity index is 2710. The van der Waals surface area contributed by atoms with Crippen LogP contribution in [0.15, 0.2) is 170 Å². The van der Waals surface area contributed by atoms with Crippen molar-refractivity contribution in [2.75, 3.05) is 0 Å². The second-order valence-electron chi connectivity index (χ2n) is 17.8. The average molecular weight is 752 g/mol. The summed E-state index contributed by atoms with van der Waals surface area (Å²) in [5, 5.41) is 0. The molecule has 9 rings (SSSR count). The summed E-state index contributed by atoms with van der Waals surface area (Å²) in [5.74, 6) is 1.98. The van der Waals surface area contributed by atoms with Crippen molar-refractivity contribution in [2.24, 2.45) is 0 Å². The largest absolute Gasteiger partial charge is 0.208 e. The molecule has 0 spiro atoms. The summed E-state index contributed by atoms with van der Waals surface area (Å²) in [4.78, 5) is 15.5. The third-order valence-corrected chi connectivity index (χ3v) is 11.8. The lowest BCUT2D eigenvalue weighted by Gasteiger charge is -2.34. The molecule has 0 aliphatic heterocycles. The monoisotopic (exact) mass is 751 g/mol. The van der Waals surface area contributed by atoms with E-state index < -0.39 is 5.41 Å². The standard InChI is InChI=1S/C55H49N3/c1-36-17-12-25-44(31-36)55(48-29-10-8-27-46(48)47-28-9-11-30-49(47)55)45-26-14-19-38(33-45)37-18-13-20-39(32-37)50-56-51(40-21-15-23-42(34-40)53(2,3)4)58-52(57-50)41-22-16-24-43(35-41)54(5,6)7/h8-35H,1-7H3. The summed E-state index contributed by atoms with van der Waals surface area (Å²) in [5.41, 5.74) is 16.0. The Morgan fingerprint density at radius 1 is 0.362 bits per heavy atom. The maximum atomic E-state index is 5.20. The summed E-state index contributed by atoms with van der Waals surface area (Å²) in [6.07, 6.45) is 0. The highest BCUT2D eigenvalue weighted by molar-refractivity contribution is 5.87. The zero-order valence-electron chi connectivity index (χ0n) is 34.5. The Balaban J connectivity index is 1.21. The molecule has 0 saturated carbocycles. The van der Waals surface area contributed by atoms with E-state index in [4.69, 9.17) is 15.0 Å². The van der Waals surface area contributed by atoms with E-state index in [1.165, 1.54) is 50.1 Å². The van der Waals surface area contributed by atoms with Crippen LogP contribution in [0.4, 0.5) is 0 Å². The summed E-state index contributed by atoms with van der Waals surface area (Å²) in [6, 6.07) is 61.9. The van der Waals surface area contributed by atoms with Gasteiger partial charge in [0.05, 0.1) is 5.41 Å². The van der Waals surface area contributed by atoms with E-state index in [0.717, 1.165) is 27.8 Å². The molecule has 0 atom stereocenters. The predicted molar refractivity (Wildman–Crippen MR) is 241 cm³/mol. The quantitative estimate of drug-likeness (QED) is 0.170. The molecule has 7 aromatic carbocycles. The van der Waals surface area contributed by atoms with E-state index in [2.05, 4.69) is 218 Å². The molecule has 0 amide bonds. The van der Waals surface area contributed by atoms with Crippen molar-refractivity contribution >= 4 is 0 Å². The first-order valence-corrected chi connectivity index (χ1v) is 20.4. The fourth-order valence-corrected chi connectivity index (χ4v) is 8.68. The summed E-state index contributed by atoms with van der Waals surface area (Å²) in [6.45, 7) is 15.6. The summed E-state index contributed by atoms with van der Waals surface area (Å²) >= 11 is 0. The maximum absolute atomic E-state index is 5.20. The second-order valence-corrected chi connectivity index (χ2v) is 17.8. The molecule has 3 heteroatoms. The lowest BCUT2D eigenvalue weighted by atomic mass is 9.67. The van der Waals surface area contributed by atoms with Gasteiger partial charge in [0, 0.05) is 16.7 Å². The van der Waals surface area contributed by atoms with E-state index in [0.29, 0.717) is 17.5 Å². The first-order chi connectivity index (χ1) is 27.9. The number of benzene rings is 7. The smallest absolute Gasteiger partial charge is 0.164 e. The number of rotatable bonds is 6. The van der Waals surface area contributed by atoms with Crippen molar-refractivity contribution in [1.82, 2.24) is 15.0 Å². The normalized spacial score (nSPS) is 13.2. The number of nitrogens with zero attached hydrogens (tertiary/aromatic N) is 3. The molecule has 58 heavy (non-hydrogen) atoms. The minimum atomic E-state index is -0.478. The Morgan fingerprint density at radius 3 is 1.26 bits per heavy atom. The highest BCUT2D eigenvalue weighted by Gasteiger charge is 2.46. The average Bonchev–Trinajstić information content (AvgIpc) is 3.54. The highest BCUT2D eigenvalue weighted by Crippen LogP contribution is 2.56. The Hall–Kier alpha value is -6.45. The zero-order valence-corrected chi connectivity index (χ0v) is 34.5. The van der Waals surface area contributed by atoms with Crippen molar-refractivity contribution in [2.45, 2.75) is 64.7 Å². The number of aromatic nitrogens is 3. The van der Waals surface area contributed by atoms with Gasteiger partial charge in [-0.3, -0.25) is 0 Å². The van der Waals surface area contributed by atoms with Gasteiger partial charge in [0.15, 0.2) is 17.5 Å². The van der Waals surface area contributed by atoms with Crippen LogP contribution in [0.5, 0.6) is 0 Å². The van der Waals surface area contributed by atoms with Gasteiger partial charge in [-0.25, -0.2) is 15.0 Å². The first kappa shape index (κ1) is 37.1. The van der Waals surface area contributed by atoms with Crippen molar-refractivity contribution < 1.29 is 0 Å². The van der Waals surface area contributed by atoms with Crippen molar-refractivity contribution in [3.63, 3.8) is 0 Å². The van der Waals surface area contributed by atoms with Crippen LogP contribution in [0.2, 0.25) is 0 Å². The molecule has 0 N–H and O–H groups in total. The molecule has 0 radical (unpaired) electrons. The minimum Gasteiger partial charge on any atom is -0.208 e. The maximum Gasteiger partial charge on any atom is 0.164 e. The van der Waals surface area contributed by atoms with Crippen LogP contribution < -0.4 is 0 Å². The molecule has 8 aromatic rings. The number of aryl methyl sites for hydroxylation is 1. The Kier molecular flexibility index (Phi) is 9.08. The fourth-order valence-electron chi connectivity index (χ4n) is 8.68. The molecular weight excluding hydrogens is 703 g/mol. The second kappa shape index (κ2) is 14.2. The molecular formula is C55H49N3. The predicted octanol–water partition coefficient (Wildman–Crippen LogP) is 13.8. The number of hydrogen-bond acceptors (Lipinski definition) is 3. The summed E-state index contributed by atoms with van der Waals surface area (Å²) in [7, 11) is 0. The van der Waals surface area contributed by atoms with E-state index in [9.17, 15) is 0 Å². The van der Waals surface area contributed by atoms with Crippen LogP contribution >= 0.6 is 0 Å². The van der Waals surface area contributed by atoms with Crippen LogP contribution in [0, 0.1) is 6.92 Å². The number of fused-ring (bicyclic) bond motifs is 3. The van der Waals surface area contributed by atoms with Gasteiger partial charge in [-0.2, -0.15) is 0 Å². The van der Waals surface area contributed by atoms with Crippen LogP contribution in [0.1, 0.15) is 80.5 Å². The SMILES string of the molecule is Cc1cccc(C2(c3cccc(-c4cccc(-c5nc(-c6cccc(C(C)(C)C)c6)nc(-c6cccc(C(C)(C)C)c6)n5)c4)c3)c3ccccc3-c3ccccc32)c1. The Morgan fingerprint density at radius 2 is 0.759 bits per heavy atom. The minimum absolute atomic E-state index is 0.0147. The van der Waals surface area contributed by atoms with E-state index in [1.54, 1.807) is 0 Å². The molecule has 0 fully saturated rings. The van der Waals surface area contributed by atoms with Crippen LogP contribution in [0.25, 0.3) is 56.4 Å². The van der Waals surface area contributed by atoms with E-state index in [1.807, 2.05) is 0 Å². The van der Waals surface area contributed by atoms with Gasteiger partial charge in [-0.1, -0.05) is 193 Å². The molecule has 0 saturated heterocycles. The molecule has 0 unspecified atom stereocenters. The third kappa shape index (κ3) is 6.55. The summed E-state index contributed by atoms with van der Waals surface area (Å²) < 4.78 is 0. The van der Waals surface area contributed by atoms with Crippen LogP contribution in [-0.4, -0.2) is 15.0 Å². The van der Waals surface area contributed by atoms with Gasteiger partial charge in [-0.15, -0.1) is 0 Å². The van der Waals surface area contributed by atoms with Crippen molar-refractivity contribution in [3.05, 3.63) is 209 Å². The topological polar surface area (TPSA) is 38.7 Å². The van der Waals surface area contributed by atoms with Gasteiger partial charge in [-0.05, 0) is 97.7 Å². The van der Waals surface area contributed by atoms with E-state index >= 15 is 0 Å². The zero-order chi connectivity index (χ0) is 40.2.